The van der Waals surface area contributed by atoms with Crippen LogP contribution in [-0.4, -0.2) is 12.6 Å². The molecule has 0 N–H and O–H groups in total. The highest BCUT2D eigenvalue weighted by molar-refractivity contribution is 9.12. The molecular formula is C7H9BrO2. The summed E-state index contributed by atoms with van der Waals surface area (Å²) in [6, 6.07) is 0. The van der Waals surface area contributed by atoms with Crippen LogP contribution >= 0.6 is 15.9 Å². The zero-order chi connectivity index (χ0) is 7.82. The fraction of sp³-hybridized carbons (Fsp3) is 0.571. The van der Waals surface area contributed by atoms with E-state index in [1.165, 1.54) is 6.92 Å². The van der Waals surface area contributed by atoms with Crippen LogP contribution in [-0.2, 0) is 9.53 Å². The summed E-state index contributed by atoms with van der Waals surface area (Å²) < 4.78 is 4.67. The van der Waals surface area contributed by atoms with Crippen molar-refractivity contribution in [1.29, 1.82) is 0 Å². The summed E-state index contributed by atoms with van der Waals surface area (Å²) in [6.07, 6.45) is 1.57. The Bertz CT molecular complexity index is 155. The van der Waals surface area contributed by atoms with Crippen LogP contribution in [0.2, 0.25) is 0 Å². The SMILES string of the molecule is CC(=O)OCCCC#CBr. The van der Waals surface area contributed by atoms with Crippen LogP contribution in [0.3, 0.4) is 0 Å². The van der Waals surface area contributed by atoms with Gasteiger partial charge in [0.2, 0.25) is 0 Å². The zero-order valence-electron chi connectivity index (χ0n) is 5.82. The summed E-state index contributed by atoms with van der Waals surface area (Å²) in [6.45, 7) is 1.87. The van der Waals surface area contributed by atoms with Crippen molar-refractivity contribution >= 4 is 21.9 Å². The molecule has 0 atom stereocenters. The maximum absolute atomic E-state index is 10.2. The molecule has 0 fully saturated rings. The first-order chi connectivity index (χ1) is 4.77. The molecule has 0 aromatic rings. The number of hydrogen-bond donors (Lipinski definition) is 0. The van der Waals surface area contributed by atoms with Crippen LogP contribution in [0.5, 0.6) is 0 Å². The Labute approximate surface area is 69.1 Å². The van der Waals surface area contributed by atoms with Gasteiger partial charge in [0.05, 0.1) is 6.61 Å². The molecular weight excluding hydrogens is 196 g/mol. The minimum atomic E-state index is -0.230. The van der Waals surface area contributed by atoms with Gasteiger partial charge in [0, 0.05) is 29.3 Å². The van der Waals surface area contributed by atoms with Crippen molar-refractivity contribution < 1.29 is 9.53 Å². The average Bonchev–Trinajstić information content (AvgIpc) is 1.87. The molecule has 0 aliphatic rings. The summed E-state index contributed by atoms with van der Waals surface area (Å²) >= 11 is 2.96. The number of carbonyl (C=O) groups excluding carboxylic acids is 1. The molecule has 3 heteroatoms. The molecule has 0 unspecified atom stereocenters. The lowest BCUT2D eigenvalue weighted by Gasteiger charge is -1.96. The predicted molar refractivity (Wildman–Crippen MR) is 42.6 cm³/mol. The highest BCUT2D eigenvalue weighted by Crippen LogP contribution is 1.88. The van der Waals surface area contributed by atoms with Crippen molar-refractivity contribution in [2.24, 2.45) is 0 Å². The summed E-state index contributed by atoms with van der Waals surface area (Å²) in [5.41, 5.74) is 0. The molecule has 0 amide bonds. The summed E-state index contributed by atoms with van der Waals surface area (Å²) in [5.74, 6) is 2.57. The number of ether oxygens (including phenoxy) is 1. The molecule has 0 heterocycles. The van der Waals surface area contributed by atoms with E-state index >= 15 is 0 Å². The van der Waals surface area contributed by atoms with Gasteiger partial charge in [-0.25, -0.2) is 0 Å². The first-order valence-electron chi connectivity index (χ1n) is 2.99. The molecule has 0 aromatic carbocycles. The van der Waals surface area contributed by atoms with E-state index < -0.39 is 0 Å². The van der Waals surface area contributed by atoms with Gasteiger partial charge >= 0.3 is 5.97 Å². The smallest absolute Gasteiger partial charge is 0.302 e. The molecule has 0 rings (SSSR count). The predicted octanol–water partition coefficient (Wildman–Crippen LogP) is 1.69. The number of esters is 1. The minimum absolute atomic E-state index is 0.230. The summed E-state index contributed by atoms with van der Waals surface area (Å²) in [5, 5.41) is 0. The Hall–Kier alpha value is -0.490. The van der Waals surface area contributed by atoms with Crippen LogP contribution in [0.15, 0.2) is 0 Å². The number of hydrogen-bond acceptors (Lipinski definition) is 2. The van der Waals surface area contributed by atoms with E-state index in [4.69, 9.17) is 0 Å². The number of unbranched alkanes of at least 4 members (excludes halogenated alkanes) is 1. The molecule has 0 bridgehead atoms. The van der Waals surface area contributed by atoms with Gasteiger partial charge in [-0.3, -0.25) is 4.79 Å². The second-order valence-corrected chi connectivity index (χ2v) is 2.11. The molecule has 0 saturated carbocycles. The third-order valence-electron chi connectivity index (χ3n) is 0.818. The van der Waals surface area contributed by atoms with Crippen molar-refractivity contribution in [3.63, 3.8) is 0 Å². The Balaban J connectivity index is 3.03. The van der Waals surface area contributed by atoms with Crippen LogP contribution in [0.4, 0.5) is 0 Å². The van der Waals surface area contributed by atoms with Crippen LogP contribution < -0.4 is 0 Å². The van der Waals surface area contributed by atoms with E-state index in [9.17, 15) is 4.79 Å². The van der Waals surface area contributed by atoms with Gasteiger partial charge in [0.1, 0.15) is 0 Å². The number of rotatable bonds is 3. The van der Waals surface area contributed by atoms with Gasteiger partial charge in [0.15, 0.2) is 0 Å². The van der Waals surface area contributed by atoms with Crippen molar-refractivity contribution in [3.05, 3.63) is 0 Å². The molecule has 0 aliphatic heterocycles. The Kier molecular flexibility index (Phi) is 6.30. The fourth-order valence-corrected chi connectivity index (χ4v) is 0.622. The quantitative estimate of drug-likeness (QED) is 0.398. The maximum Gasteiger partial charge on any atom is 0.302 e. The van der Waals surface area contributed by atoms with Gasteiger partial charge in [0.25, 0.3) is 0 Å². The van der Waals surface area contributed by atoms with Gasteiger partial charge in [-0.2, -0.15) is 0 Å². The largest absolute Gasteiger partial charge is 0.466 e. The summed E-state index contributed by atoms with van der Waals surface area (Å²) in [4.78, 5) is 12.8. The van der Waals surface area contributed by atoms with Crippen molar-refractivity contribution in [1.82, 2.24) is 0 Å². The molecule has 0 spiro atoms. The minimum Gasteiger partial charge on any atom is -0.466 e. The van der Waals surface area contributed by atoms with Crippen molar-refractivity contribution in [2.75, 3.05) is 6.61 Å². The van der Waals surface area contributed by atoms with Crippen molar-refractivity contribution in [2.45, 2.75) is 19.8 Å². The summed E-state index contributed by atoms with van der Waals surface area (Å²) in [7, 11) is 0. The molecule has 56 valence electrons. The third-order valence-corrected chi connectivity index (χ3v) is 1.10. The Morgan fingerprint density at radius 2 is 2.40 bits per heavy atom. The van der Waals surface area contributed by atoms with Crippen LogP contribution in [0.25, 0.3) is 0 Å². The molecule has 0 saturated heterocycles. The van der Waals surface area contributed by atoms with Gasteiger partial charge in [-0.15, -0.1) is 0 Å². The molecule has 0 aliphatic carbocycles. The fourth-order valence-electron chi connectivity index (χ4n) is 0.424. The lowest BCUT2D eigenvalue weighted by molar-refractivity contribution is -0.141. The van der Waals surface area contributed by atoms with E-state index in [0.29, 0.717) is 6.61 Å². The first kappa shape index (κ1) is 9.51. The van der Waals surface area contributed by atoms with Crippen molar-refractivity contribution in [3.8, 4) is 10.8 Å². The second kappa shape index (κ2) is 6.63. The topological polar surface area (TPSA) is 26.3 Å². The van der Waals surface area contributed by atoms with E-state index in [1.807, 2.05) is 0 Å². The maximum atomic E-state index is 10.2. The number of halogens is 1. The average molecular weight is 205 g/mol. The zero-order valence-corrected chi connectivity index (χ0v) is 7.40. The normalized spacial score (nSPS) is 7.80. The van der Waals surface area contributed by atoms with Crippen LogP contribution in [0, 0.1) is 10.8 Å². The lowest BCUT2D eigenvalue weighted by Crippen LogP contribution is -1.99. The van der Waals surface area contributed by atoms with Crippen LogP contribution in [0.1, 0.15) is 19.8 Å². The van der Waals surface area contributed by atoms with E-state index in [1.54, 1.807) is 0 Å². The number of carbonyl (C=O) groups is 1. The van der Waals surface area contributed by atoms with E-state index in [2.05, 4.69) is 31.4 Å². The molecule has 10 heavy (non-hydrogen) atoms. The Morgan fingerprint density at radius 1 is 1.70 bits per heavy atom. The standard InChI is InChI=1S/C7H9BrO2/c1-7(9)10-6-4-2-3-5-8/h2,4,6H2,1H3. The van der Waals surface area contributed by atoms with Gasteiger partial charge in [-0.1, -0.05) is 5.92 Å². The third kappa shape index (κ3) is 7.51. The highest BCUT2D eigenvalue weighted by Gasteiger charge is 1.89. The van der Waals surface area contributed by atoms with E-state index in [-0.39, 0.29) is 5.97 Å². The highest BCUT2D eigenvalue weighted by atomic mass is 79.9. The molecule has 2 nitrogen and oxygen atoms in total. The lowest BCUT2D eigenvalue weighted by atomic mass is 10.3. The van der Waals surface area contributed by atoms with Gasteiger partial charge < -0.3 is 4.74 Å². The monoisotopic (exact) mass is 204 g/mol. The first-order valence-corrected chi connectivity index (χ1v) is 3.78. The Morgan fingerprint density at radius 3 is 2.90 bits per heavy atom. The molecule has 0 aromatic heterocycles. The molecule has 0 radical (unpaired) electrons. The van der Waals surface area contributed by atoms with E-state index in [0.717, 1.165) is 12.8 Å². The van der Waals surface area contributed by atoms with Gasteiger partial charge in [-0.05, 0) is 11.3 Å². The second-order valence-electron chi connectivity index (χ2n) is 1.71.